The summed E-state index contributed by atoms with van der Waals surface area (Å²) in [7, 11) is 7.81. The quantitative estimate of drug-likeness (QED) is 0.114. The molecule has 1 fully saturated rings. The predicted octanol–water partition coefficient (Wildman–Crippen LogP) is 0.692. The Hall–Kier alpha value is -4.54. The van der Waals surface area contributed by atoms with E-state index in [1.165, 1.54) is 31.0 Å². The molecule has 3 aliphatic rings. The minimum Gasteiger partial charge on any atom is -0.508 e. The lowest BCUT2D eigenvalue weighted by Crippen LogP contribution is -2.68. The van der Waals surface area contributed by atoms with Crippen LogP contribution in [0.4, 0.5) is 10.5 Å². The minimum absolute atomic E-state index is 0.0572. The van der Waals surface area contributed by atoms with Gasteiger partial charge in [0.05, 0.1) is 24.1 Å². The Balaban J connectivity index is 1.79. The van der Waals surface area contributed by atoms with Crippen LogP contribution < -0.4 is 10.6 Å². The van der Waals surface area contributed by atoms with Gasteiger partial charge in [0.1, 0.15) is 23.7 Å². The second kappa shape index (κ2) is 14.0. The Morgan fingerprint density at radius 2 is 1.68 bits per heavy atom. The van der Waals surface area contributed by atoms with Gasteiger partial charge in [-0.25, -0.2) is 9.59 Å². The first-order valence-electron chi connectivity index (χ1n) is 16.0. The van der Waals surface area contributed by atoms with Crippen LogP contribution in [-0.4, -0.2) is 127 Å². The fourth-order valence-electron chi connectivity index (χ4n) is 7.44. The largest absolute Gasteiger partial charge is 0.508 e. The van der Waals surface area contributed by atoms with Gasteiger partial charge in [-0.15, -0.1) is 0 Å². The average Bonchev–Trinajstić information content (AvgIpc) is 2.98. The molecule has 0 heterocycles. The van der Waals surface area contributed by atoms with E-state index in [-0.39, 0.29) is 43.7 Å². The maximum Gasteiger partial charge on any atom is 0.412 e. The highest BCUT2D eigenvalue weighted by Gasteiger charge is 2.66. The van der Waals surface area contributed by atoms with Crippen molar-refractivity contribution in [3.8, 4) is 5.75 Å². The van der Waals surface area contributed by atoms with Gasteiger partial charge in [0.15, 0.2) is 23.0 Å². The van der Waals surface area contributed by atoms with Gasteiger partial charge in [-0.2, -0.15) is 0 Å². The molecular weight excluding hydrogens is 656 g/mol. The van der Waals surface area contributed by atoms with E-state index < -0.39 is 94.0 Å². The summed E-state index contributed by atoms with van der Waals surface area (Å²) in [6.45, 7) is 4.45. The molecule has 0 aromatic heterocycles. The average molecular weight is 703 g/mol. The molecule has 50 heavy (non-hydrogen) atoms. The summed E-state index contributed by atoms with van der Waals surface area (Å²) in [5, 5.41) is 34.7. The summed E-state index contributed by atoms with van der Waals surface area (Å²) >= 11 is 0. The standard InChI is InChI=1S/C34H46N4O12/c1-33(2,3)14-38(32(46)50-15-49-21(39)13-48-8)12-17-11-20(36(4)5)18-9-16-10-19-25(37(6)7)28(42)24(31(35)45)30(44)34(19,47)29(43)22(16)27(41)23(18)26(17)40/h11,16,19,22,25,40,44,47H,9-10,12-15H2,1-8H3,(H2,35,45)/t16?,19?,22?,25-,34-/m0/s1. The third kappa shape index (κ3) is 6.79. The first kappa shape index (κ1) is 38.3. The topological polar surface area (TPSA) is 227 Å². The SMILES string of the molecule is COCC(=O)OCOC(=O)N(Cc1cc(N(C)C)c2c(c1O)C(=O)C1C(=O)[C@]3(O)C(O)=C(C(N)=O)C(=O)[C@@H](N(C)C)C3CC1C2)CC(C)(C)C. The fraction of sp³-hybridized carbons (Fsp3) is 0.588. The number of aromatic hydroxyl groups is 1. The molecule has 3 aliphatic carbocycles. The van der Waals surface area contributed by atoms with Crippen LogP contribution in [0.2, 0.25) is 0 Å². The highest BCUT2D eigenvalue weighted by atomic mass is 16.7. The zero-order valence-electron chi connectivity index (χ0n) is 29.6. The fourth-order valence-corrected chi connectivity index (χ4v) is 7.44. The molecular formula is C34H46N4O12. The summed E-state index contributed by atoms with van der Waals surface area (Å²) < 4.78 is 14.7. The molecule has 1 aromatic carbocycles. The Morgan fingerprint density at radius 1 is 1.04 bits per heavy atom. The van der Waals surface area contributed by atoms with E-state index in [9.17, 15) is 44.1 Å². The number of amides is 2. The number of hydrogen-bond donors (Lipinski definition) is 4. The van der Waals surface area contributed by atoms with Crippen molar-refractivity contribution in [1.82, 2.24) is 9.80 Å². The van der Waals surface area contributed by atoms with Crippen LogP contribution in [-0.2, 0) is 46.4 Å². The van der Waals surface area contributed by atoms with Gasteiger partial charge >= 0.3 is 12.1 Å². The van der Waals surface area contributed by atoms with Crippen LogP contribution in [0.5, 0.6) is 5.75 Å². The van der Waals surface area contributed by atoms with E-state index >= 15 is 0 Å². The number of nitrogens with two attached hydrogens (primary N) is 1. The number of aliphatic hydroxyl groups excluding tert-OH is 1. The molecule has 16 nitrogen and oxygen atoms in total. The Labute approximate surface area is 289 Å². The highest BCUT2D eigenvalue weighted by Crippen LogP contribution is 2.53. The number of rotatable bonds is 10. The van der Waals surface area contributed by atoms with Gasteiger partial charge in [0.25, 0.3) is 5.91 Å². The van der Waals surface area contributed by atoms with Crippen molar-refractivity contribution in [3.63, 3.8) is 0 Å². The number of likely N-dealkylation sites (N-methyl/N-ethyl adjacent to an activating group) is 1. The minimum atomic E-state index is -2.78. The zero-order chi connectivity index (χ0) is 37.6. The molecule has 5 N–H and O–H groups in total. The normalized spacial score (nSPS) is 24.7. The first-order valence-corrected chi connectivity index (χ1v) is 16.0. The summed E-state index contributed by atoms with van der Waals surface area (Å²) in [5.74, 6) is -10.0. The third-order valence-corrected chi connectivity index (χ3v) is 9.41. The van der Waals surface area contributed by atoms with E-state index in [0.717, 1.165) is 0 Å². The van der Waals surface area contributed by atoms with Crippen LogP contribution in [0.1, 0.15) is 48.7 Å². The van der Waals surface area contributed by atoms with E-state index in [4.69, 9.17) is 19.9 Å². The number of anilines is 1. The highest BCUT2D eigenvalue weighted by molar-refractivity contribution is 6.25. The van der Waals surface area contributed by atoms with Crippen molar-refractivity contribution in [2.24, 2.45) is 28.9 Å². The maximum atomic E-state index is 14.4. The molecule has 0 bridgehead atoms. The smallest absolute Gasteiger partial charge is 0.412 e. The number of primary amides is 1. The van der Waals surface area contributed by atoms with E-state index in [1.807, 2.05) is 20.8 Å². The lowest BCUT2D eigenvalue weighted by atomic mass is 9.54. The van der Waals surface area contributed by atoms with Gasteiger partial charge in [-0.1, -0.05) is 20.8 Å². The Morgan fingerprint density at radius 3 is 2.22 bits per heavy atom. The number of fused-ring (bicyclic) bond motifs is 3. The van der Waals surface area contributed by atoms with E-state index in [1.54, 1.807) is 25.1 Å². The number of nitrogens with zero attached hydrogens (tertiary/aromatic N) is 3. The van der Waals surface area contributed by atoms with E-state index in [0.29, 0.717) is 11.3 Å². The molecule has 1 saturated carbocycles. The lowest BCUT2D eigenvalue weighted by molar-refractivity contribution is -0.163. The molecule has 0 spiro atoms. The molecule has 5 atom stereocenters. The number of benzene rings is 1. The van der Waals surface area contributed by atoms with Crippen molar-refractivity contribution in [1.29, 1.82) is 0 Å². The number of methoxy groups -OCH3 is 1. The Bertz CT molecular complexity index is 1640. The summed E-state index contributed by atoms with van der Waals surface area (Å²) in [5.41, 5.74) is 2.17. The number of hydrogen-bond acceptors (Lipinski definition) is 14. The summed E-state index contributed by atoms with van der Waals surface area (Å²) in [6, 6.07) is 0.422. The molecule has 0 saturated heterocycles. The second-order valence-corrected chi connectivity index (χ2v) is 14.7. The molecule has 16 heteroatoms. The van der Waals surface area contributed by atoms with Crippen molar-refractivity contribution in [2.45, 2.75) is 51.8 Å². The third-order valence-electron chi connectivity index (χ3n) is 9.41. The van der Waals surface area contributed by atoms with Crippen LogP contribution >= 0.6 is 0 Å². The molecule has 274 valence electrons. The van der Waals surface area contributed by atoms with Gasteiger partial charge < -0.3 is 45.1 Å². The van der Waals surface area contributed by atoms with Gasteiger partial charge in [0.2, 0.25) is 6.79 Å². The zero-order valence-corrected chi connectivity index (χ0v) is 29.6. The molecule has 2 amide bonds. The van der Waals surface area contributed by atoms with Crippen molar-refractivity contribution >= 4 is 41.0 Å². The number of phenols is 1. The molecule has 0 radical (unpaired) electrons. The summed E-state index contributed by atoms with van der Waals surface area (Å²) in [6.07, 6.45) is -0.836. The van der Waals surface area contributed by atoms with Gasteiger partial charge in [-0.05, 0) is 49.9 Å². The van der Waals surface area contributed by atoms with Crippen molar-refractivity contribution < 1.29 is 58.3 Å². The van der Waals surface area contributed by atoms with Crippen LogP contribution in [0.15, 0.2) is 17.4 Å². The number of carbonyl (C=O) groups excluding carboxylic acids is 6. The number of Topliss-reactive ketones (excluding diaryl/α,β-unsaturated/α-hetero) is 3. The number of ether oxygens (including phenoxy) is 3. The number of esters is 1. The molecule has 4 rings (SSSR count). The number of ketones is 3. The van der Waals surface area contributed by atoms with Crippen LogP contribution in [0.25, 0.3) is 0 Å². The molecule has 0 aliphatic heterocycles. The number of carbonyl (C=O) groups is 6. The first-order chi connectivity index (χ1) is 23.2. The van der Waals surface area contributed by atoms with E-state index in [2.05, 4.69) is 0 Å². The molecule has 3 unspecified atom stereocenters. The molecule has 1 aromatic rings. The van der Waals surface area contributed by atoms with Crippen LogP contribution in [0.3, 0.4) is 0 Å². The van der Waals surface area contributed by atoms with Crippen LogP contribution in [0, 0.1) is 23.2 Å². The predicted molar refractivity (Wildman–Crippen MR) is 176 cm³/mol. The van der Waals surface area contributed by atoms with Crippen molar-refractivity contribution in [2.75, 3.05) is 60.1 Å². The summed E-state index contributed by atoms with van der Waals surface area (Å²) in [4.78, 5) is 83.6. The maximum absolute atomic E-state index is 14.4. The van der Waals surface area contributed by atoms with Crippen molar-refractivity contribution in [3.05, 3.63) is 34.1 Å². The monoisotopic (exact) mass is 702 g/mol. The number of aliphatic hydroxyl groups is 2. The van der Waals surface area contributed by atoms with Gasteiger partial charge in [-0.3, -0.25) is 24.1 Å². The van der Waals surface area contributed by atoms with Gasteiger partial charge in [0, 0.05) is 44.9 Å². The second-order valence-electron chi connectivity index (χ2n) is 14.7. The lowest BCUT2D eigenvalue weighted by Gasteiger charge is -2.52. The Kier molecular flexibility index (Phi) is 10.7. The number of phenolic OH excluding ortho intramolecular Hbond substituents is 1.